The molecule has 5 nitrogen and oxygen atoms in total. The van der Waals surface area contributed by atoms with E-state index in [1.54, 1.807) is 4.90 Å². The fourth-order valence-electron chi connectivity index (χ4n) is 2.74. The molecule has 0 aromatic heterocycles. The molecule has 2 rings (SSSR count). The number of carbonyl (C=O) groups is 2. The zero-order valence-corrected chi connectivity index (χ0v) is 9.61. The largest absolute Gasteiger partial charge is 0.368 e. The number of nitrogens with zero attached hydrogens (tertiary/aromatic N) is 1. The molecule has 3 unspecified atom stereocenters. The molecule has 2 aliphatic rings. The smallest absolute Gasteiger partial charge is 0.240 e. The summed E-state index contributed by atoms with van der Waals surface area (Å²) >= 11 is 0. The topological polar surface area (TPSA) is 75.4 Å². The molecule has 0 bridgehead atoms. The van der Waals surface area contributed by atoms with Crippen LogP contribution >= 0.6 is 0 Å². The highest BCUT2D eigenvalue weighted by molar-refractivity contribution is 5.88. The van der Waals surface area contributed by atoms with Crippen LogP contribution in [-0.2, 0) is 9.59 Å². The lowest BCUT2D eigenvalue weighted by Crippen LogP contribution is -2.47. The predicted octanol–water partition coefficient (Wildman–Crippen LogP) is -0.539. The van der Waals surface area contributed by atoms with Crippen LogP contribution in [0.4, 0.5) is 0 Å². The van der Waals surface area contributed by atoms with Gasteiger partial charge in [0.05, 0.1) is 5.92 Å². The minimum atomic E-state index is -0.375. The zero-order chi connectivity index (χ0) is 11.7. The lowest BCUT2D eigenvalue weighted by molar-refractivity contribution is -0.140. The first-order valence-corrected chi connectivity index (χ1v) is 5.94. The summed E-state index contributed by atoms with van der Waals surface area (Å²) in [6, 6.07) is -0.165. The fourth-order valence-corrected chi connectivity index (χ4v) is 2.74. The Hall–Kier alpha value is -1.10. The highest BCUT2D eigenvalue weighted by atomic mass is 16.2. The van der Waals surface area contributed by atoms with Gasteiger partial charge >= 0.3 is 0 Å². The van der Waals surface area contributed by atoms with Gasteiger partial charge in [-0.2, -0.15) is 0 Å². The van der Waals surface area contributed by atoms with E-state index >= 15 is 0 Å². The quantitative estimate of drug-likeness (QED) is 0.663. The van der Waals surface area contributed by atoms with Crippen molar-refractivity contribution in [1.29, 1.82) is 0 Å². The first-order chi connectivity index (χ1) is 7.61. The summed E-state index contributed by atoms with van der Waals surface area (Å²) in [6.07, 6.45) is 2.46. The van der Waals surface area contributed by atoms with Gasteiger partial charge < -0.3 is 16.0 Å². The number of rotatable bonds is 2. The Morgan fingerprint density at radius 1 is 1.38 bits per heavy atom. The van der Waals surface area contributed by atoms with Crippen LogP contribution < -0.4 is 11.1 Å². The molecule has 0 saturated carbocycles. The second-order valence-electron chi connectivity index (χ2n) is 4.73. The number of hydrogen-bond acceptors (Lipinski definition) is 3. The summed E-state index contributed by atoms with van der Waals surface area (Å²) in [6.45, 7) is 3.58. The average molecular weight is 225 g/mol. The van der Waals surface area contributed by atoms with Crippen molar-refractivity contribution in [2.45, 2.75) is 38.3 Å². The highest BCUT2D eigenvalue weighted by Gasteiger charge is 2.39. The standard InChI is InChI=1S/C11H19N3O2/c1-7-8(4-5-13-7)11(16)14-6-2-3-9(14)10(12)15/h7-9,13H,2-6H2,1H3,(H2,12,15). The average Bonchev–Trinajstić information content (AvgIpc) is 2.84. The van der Waals surface area contributed by atoms with Crippen molar-refractivity contribution in [1.82, 2.24) is 10.2 Å². The third-order valence-corrected chi connectivity index (χ3v) is 3.71. The van der Waals surface area contributed by atoms with E-state index in [1.807, 2.05) is 6.92 Å². The van der Waals surface area contributed by atoms with Gasteiger partial charge in [-0.1, -0.05) is 0 Å². The minimum absolute atomic E-state index is 0.0138. The maximum Gasteiger partial charge on any atom is 0.240 e. The summed E-state index contributed by atoms with van der Waals surface area (Å²) in [4.78, 5) is 25.2. The van der Waals surface area contributed by atoms with E-state index in [4.69, 9.17) is 5.73 Å². The van der Waals surface area contributed by atoms with Gasteiger partial charge in [-0.05, 0) is 32.7 Å². The second-order valence-corrected chi connectivity index (χ2v) is 4.73. The molecule has 2 fully saturated rings. The van der Waals surface area contributed by atoms with E-state index in [0.29, 0.717) is 6.54 Å². The molecule has 2 amide bonds. The summed E-state index contributed by atoms with van der Waals surface area (Å²) in [5.74, 6) is -0.261. The lowest BCUT2D eigenvalue weighted by atomic mass is 10.00. The Morgan fingerprint density at radius 3 is 2.69 bits per heavy atom. The van der Waals surface area contributed by atoms with Crippen molar-refractivity contribution in [3.8, 4) is 0 Å². The van der Waals surface area contributed by atoms with Crippen LogP contribution in [0.25, 0.3) is 0 Å². The monoisotopic (exact) mass is 225 g/mol. The van der Waals surface area contributed by atoms with E-state index in [-0.39, 0.29) is 29.8 Å². The summed E-state index contributed by atoms with van der Waals surface area (Å²) in [7, 11) is 0. The van der Waals surface area contributed by atoms with Crippen molar-refractivity contribution in [2.24, 2.45) is 11.7 Å². The number of nitrogens with one attached hydrogen (secondary N) is 1. The second kappa shape index (κ2) is 4.41. The van der Waals surface area contributed by atoms with Gasteiger partial charge in [0.2, 0.25) is 11.8 Å². The third kappa shape index (κ3) is 1.91. The summed E-state index contributed by atoms with van der Waals surface area (Å²) in [5, 5.41) is 3.25. The van der Waals surface area contributed by atoms with Crippen LogP contribution in [0.15, 0.2) is 0 Å². The molecule has 0 aliphatic carbocycles. The summed E-state index contributed by atoms with van der Waals surface area (Å²) < 4.78 is 0. The highest BCUT2D eigenvalue weighted by Crippen LogP contribution is 2.24. The Kier molecular flexibility index (Phi) is 3.14. The molecule has 16 heavy (non-hydrogen) atoms. The third-order valence-electron chi connectivity index (χ3n) is 3.71. The molecule has 5 heteroatoms. The minimum Gasteiger partial charge on any atom is -0.368 e. The van der Waals surface area contributed by atoms with Crippen molar-refractivity contribution in [3.63, 3.8) is 0 Å². The van der Waals surface area contributed by atoms with Gasteiger partial charge in [0.1, 0.15) is 6.04 Å². The fraction of sp³-hybridized carbons (Fsp3) is 0.818. The van der Waals surface area contributed by atoms with Gasteiger partial charge in [0, 0.05) is 12.6 Å². The van der Waals surface area contributed by atoms with Gasteiger partial charge in [-0.15, -0.1) is 0 Å². The molecule has 0 spiro atoms. The first-order valence-electron chi connectivity index (χ1n) is 5.94. The number of carbonyl (C=O) groups excluding carboxylic acids is 2. The molecule has 90 valence electrons. The number of primary amides is 1. The van der Waals surface area contributed by atoms with Crippen molar-refractivity contribution >= 4 is 11.8 Å². The SMILES string of the molecule is CC1NCCC1C(=O)N1CCCC1C(N)=O. The maximum atomic E-state index is 12.3. The van der Waals surface area contributed by atoms with Crippen molar-refractivity contribution in [2.75, 3.05) is 13.1 Å². The van der Waals surface area contributed by atoms with Gasteiger partial charge in [0.25, 0.3) is 0 Å². The van der Waals surface area contributed by atoms with Crippen LogP contribution in [0.5, 0.6) is 0 Å². The molecule has 3 atom stereocenters. The number of amides is 2. The van der Waals surface area contributed by atoms with Crippen molar-refractivity contribution < 1.29 is 9.59 Å². The zero-order valence-electron chi connectivity index (χ0n) is 9.61. The predicted molar refractivity (Wildman–Crippen MR) is 59.5 cm³/mol. The van der Waals surface area contributed by atoms with Crippen LogP contribution in [0.1, 0.15) is 26.2 Å². The van der Waals surface area contributed by atoms with E-state index in [2.05, 4.69) is 5.32 Å². The van der Waals surface area contributed by atoms with E-state index in [0.717, 1.165) is 25.8 Å². The molecular formula is C11H19N3O2. The molecule has 3 N–H and O–H groups in total. The number of hydrogen-bond donors (Lipinski definition) is 2. The Morgan fingerprint density at radius 2 is 2.12 bits per heavy atom. The van der Waals surface area contributed by atoms with Crippen LogP contribution in [0, 0.1) is 5.92 Å². The van der Waals surface area contributed by atoms with Gasteiger partial charge in [-0.25, -0.2) is 0 Å². The van der Waals surface area contributed by atoms with E-state index in [1.165, 1.54) is 0 Å². The molecule has 2 saturated heterocycles. The van der Waals surface area contributed by atoms with E-state index in [9.17, 15) is 9.59 Å². The first kappa shape index (κ1) is 11.4. The Bertz CT molecular complexity index is 306. The lowest BCUT2D eigenvalue weighted by Gasteiger charge is -2.26. The number of nitrogens with two attached hydrogens (primary N) is 1. The molecule has 0 aromatic carbocycles. The summed E-state index contributed by atoms with van der Waals surface area (Å²) in [5.41, 5.74) is 5.31. The molecule has 2 aliphatic heterocycles. The molecule has 0 aromatic rings. The van der Waals surface area contributed by atoms with Gasteiger partial charge in [0.15, 0.2) is 0 Å². The molecule has 2 heterocycles. The number of likely N-dealkylation sites (tertiary alicyclic amines) is 1. The van der Waals surface area contributed by atoms with Gasteiger partial charge in [-0.3, -0.25) is 9.59 Å². The Balaban J connectivity index is 2.06. The Labute approximate surface area is 95.3 Å². The van der Waals surface area contributed by atoms with Crippen LogP contribution in [0.2, 0.25) is 0 Å². The van der Waals surface area contributed by atoms with E-state index < -0.39 is 0 Å². The van der Waals surface area contributed by atoms with Crippen molar-refractivity contribution in [3.05, 3.63) is 0 Å². The van der Waals surface area contributed by atoms with Crippen LogP contribution in [-0.4, -0.2) is 41.9 Å². The molecular weight excluding hydrogens is 206 g/mol. The maximum absolute atomic E-state index is 12.3. The normalized spacial score (nSPS) is 34.3. The molecule has 0 radical (unpaired) electrons. The van der Waals surface area contributed by atoms with Crippen LogP contribution in [0.3, 0.4) is 0 Å².